The Balaban J connectivity index is 1.68. The summed E-state index contributed by atoms with van der Waals surface area (Å²) in [4.78, 5) is 21.0. The number of para-hydroxylation sites is 2. The van der Waals surface area contributed by atoms with Gasteiger partial charge < -0.3 is 15.4 Å². The molecule has 8 nitrogen and oxygen atoms in total. The number of amides is 1. The Kier molecular flexibility index (Phi) is 4.38. The Morgan fingerprint density at radius 2 is 1.87 bits per heavy atom. The summed E-state index contributed by atoms with van der Waals surface area (Å²) in [5, 5.41) is 10.9. The first-order chi connectivity index (χ1) is 14.9. The SMILES string of the molecule is O=C1NCC[C@H]1Nc1nc2ccccc2c2nc(-c3ccccc3OC(F)(F)F)nn12. The summed E-state index contributed by atoms with van der Waals surface area (Å²) in [6.45, 7) is 0.540. The number of carbonyl (C=O) groups is 1. The first kappa shape index (κ1) is 19.1. The van der Waals surface area contributed by atoms with E-state index in [2.05, 4.69) is 30.4 Å². The van der Waals surface area contributed by atoms with Crippen LogP contribution in [0.1, 0.15) is 6.42 Å². The molecule has 0 radical (unpaired) electrons. The van der Waals surface area contributed by atoms with E-state index in [1.807, 2.05) is 6.07 Å². The number of alkyl halides is 3. The highest BCUT2D eigenvalue weighted by molar-refractivity contribution is 5.93. The normalized spacial score (nSPS) is 16.6. The summed E-state index contributed by atoms with van der Waals surface area (Å²) in [6, 6.07) is 12.3. The summed E-state index contributed by atoms with van der Waals surface area (Å²) >= 11 is 0. The second-order valence-electron chi connectivity index (χ2n) is 6.94. The Morgan fingerprint density at radius 1 is 1.10 bits per heavy atom. The zero-order valence-electron chi connectivity index (χ0n) is 15.8. The lowest BCUT2D eigenvalue weighted by Gasteiger charge is -2.12. The molecule has 158 valence electrons. The van der Waals surface area contributed by atoms with Gasteiger partial charge in [-0.05, 0) is 30.7 Å². The molecule has 0 bridgehead atoms. The Bertz CT molecular complexity index is 1300. The van der Waals surface area contributed by atoms with Crippen LogP contribution in [-0.2, 0) is 4.79 Å². The van der Waals surface area contributed by atoms with E-state index in [0.717, 1.165) is 0 Å². The molecule has 0 unspecified atom stereocenters. The van der Waals surface area contributed by atoms with Crippen LogP contribution < -0.4 is 15.4 Å². The van der Waals surface area contributed by atoms with E-state index < -0.39 is 18.2 Å². The molecule has 1 atom stereocenters. The molecule has 3 heterocycles. The predicted octanol–water partition coefficient (Wildman–Crippen LogP) is 3.14. The van der Waals surface area contributed by atoms with Crippen molar-refractivity contribution in [2.24, 2.45) is 0 Å². The molecule has 4 aromatic rings. The number of fused-ring (bicyclic) bond motifs is 3. The zero-order valence-corrected chi connectivity index (χ0v) is 15.8. The van der Waals surface area contributed by atoms with E-state index in [1.54, 1.807) is 24.3 Å². The van der Waals surface area contributed by atoms with Gasteiger partial charge in [0.15, 0.2) is 11.5 Å². The molecule has 2 aromatic heterocycles. The van der Waals surface area contributed by atoms with Crippen LogP contribution in [0.3, 0.4) is 0 Å². The maximum absolute atomic E-state index is 12.9. The molecule has 2 aromatic carbocycles. The fourth-order valence-electron chi connectivity index (χ4n) is 3.52. The van der Waals surface area contributed by atoms with Crippen molar-refractivity contribution in [1.29, 1.82) is 0 Å². The maximum Gasteiger partial charge on any atom is 0.573 e. The van der Waals surface area contributed by atoms with Crippen LogP contribution in [0.4, 0.5) is 19.1 Å². The third-order valence-electron chi connectivity index (χ3n) is 4.88. The van der Waals surface area contributed by atoms with Crippen LogP contribution in [0.15, 0.2) is 48.5 Å². The third kappa shape index (κ3) is 3.58. The van der Waals surface area contributed by atoms with Gasteiger partial charge >= 0.3 is 6.36 Å². The molecule has 0 spiro atoms. The van der Waals surface area contributed by atoms with Crippen LogP contribution in [0.5, 0.6) is 5.75 Å². The molecule has 31 heavy (non-hydrogen) atoms. The Morgan fingerprint density at radius 3 is 2.65 bits per heavy atom. The van der Waals surface area contributed by atoms with Crippen molar-refractivity contribution in [3.05, 3.63) is 48.5 Å². The van der Waals surface area contributed by atoms with Crippen molar-refractivity contribution in [2.45, 2.75) is 18.8 Å². The molecule has 1 saturated heterocycles. The monoisotopic (exact) mass is 428 g/mol. The number of rotatable bonds is 4. The second-order valence-corrected chi connectivity index (χ2v) is 6.94. The van der Waals surface area contributed by atoms with Crippen molar-refractivity contribution in [3.8, 4) is 17.1 Å². The van der Waals surface area contributed by atoms with Crippen LogP contribution >= 0.6 is 0 Å². The summed E-state index contributed by atoms with van der Waals surface area (Å²) in [6.07, 6.45) is -4.29. The lowest BCUT2D eigenvalue weighted by molar-refractivity contribution is -0.274. The number of hydrogen-bond donors (Lipinski definition) is 2. The molecule has 1 amide bonds. The largest absolute Gasteiger partial charge is 0.573 e. The second kappa shape index (κ2) is 7.11. The van der Waals surface area contributed by atoms with Crippen molar-refractivity contribution >= 4 is 28.4 Å². The smallest absolute Gasteiger partial charge is 0.405 e. The molecule has 0 aliphatic carbocycles. The summed E-state index contributed by atoms with van der Waals surface area (Å²) in [5.41, 5.74) is 1.08. The van der Waals surface area contributed by atoms with E-state index in [1.165, 1.54) is 22.7 Å². The molecule has 11 heteroatoms. The topological polar surface area (TPSA) is 93.4 Å². The molecule has 5 rings (SSSR count). The van der Waals surface area contributed by atoms with Gasteiger partial charge in [-0.3, -0.25) is 4.79 Å². The van der Waals surface area contributed by atoms with Gasteiger partial charge in [-0.1, -0.05) is 24.3 Å². The average molecular weight is 428 g/mol. The standard InChI is InChI=1S/C20H15F3N6O2/c21-20(22,23)31-15-8-4-2-6-12(15)16-27-17-11-5-1-3-7-13(11)25-19(29(17)28-16)26-14-9-10-24-18(14)30/h1-8,14H,9-10H2,(H,24,30)(H,25,26)/t14-/m1/s1. The molecule has 1 fully saturated rings. The van der Waals surface area contributed by atoms with E-state index in [-0.39, 0.29) is 23.2 Å². The number of nitrogens with zero attached hydrogens (tertiary/aromatic N) is 4. The molecule has 1 aliphatic rings. The lowest BCUT2D eigenvalue weighted by atomic mass is 10.2. The Labute approximate surface area is 173 Å². The molecule has 0 saturated carbocycles. The minimum Gasteiger partial charge on any atom is -0.405 e. The van der Waals surface area contributed by atoms with Gasteiger partial charge in [0.05, 0.1) is 11.1 Å². The van der Waals surface area contributed by atoms with Crippen molar-refractivity contribution in [2.75, 3.05) is 11.9 Å². The van der Waals surface area contributed by atoms with Crippen LogP contribution in [0.25, 0.3) is 27.9 Å². The number of aromatic nitrogens is 4. The minimum atomic E-state index is -4.86. The van der Waals surface area contributed by atoms with Gasteiger partial charge in [-0.2, -0.15) is 4.52 Å². The quantitative estimate of drug-likeness (QED) is 0.519. The summed E-state index contributed by atoms with van der Waals surface area (Å²) in [7, 11) is 0. The minimum absolute atomic E-state index is 0.0388. The van der Waals surface area contributed by atoms with Gasteiger partial charge in [-0.15, -0.1) is 18.3 Å². The highest BCUT2D eigenvalue weighted by atomic mass is 19.4. The summed E-state index contributed by atoms with van der Waals surface area (Å²) in [5.74, 6) is -0.263. The van der Waals surface area contributed by atoms with E-state index in [9.17, 15) is 18.0 Å². The first-order valence-electron chi connectivity index (χ1n) is 9.44. The van der Waals surface area contributed by atoms with E-state index in [4.69, 9.17) is 0 Å². The molecule has 1 aliphatic heterocycles. The van der Waals surface area contributed by atoms with Gasteiger partial charge in [0.25, 0.3) is 0 Å². The molecular weight excluding hydrogens is 413 g/mol. The van der Waals surface area contributed by atoms with Crippen LogP contribution in [0, 0.1) is 0 Å². The van der Waals surface area contributed by atoms with Crippen LogP contribution in [-0.4, -0.2) is 44.4 Å². The number of nitrogens with one attached hydrogen (secondary N) is 2. The van der Waals surface area contributed by atoms with Gasteiger partial charge in [0.1, 0.15) is 11.8 Å². The van der Waals surface area contributed by atoms with Crippen molar-refractivity contribution in [3.63, 3.8) is 0 Å². The van der Waals surface area contributed by atoms with E-state index in [0.29, 0.717) is 29.5 Å². The number of hydrogen-bond acceptors (Lipinski definition) is 6. The number of benzene rings is 2. The van der Waals surface area contributed by atoms with E-state index >= 15 is 0 Å². The number of anilines is 1. The average Bonchev–Trinajstić information content (AvgIpc) is 3.34. The van der Waals surface area contributed by atoms with Gasteiger partial charge in [0, 0.05) is 11.9 Å². The highest BCUT2D eigenvalue weighted by Gasteiger charge is 2.33. The van der Waals surface area contributed by atoms with Crippen molar-refractivity contribution in [1.82, 2.24) is 24.9 Å². The predicted molar refractivity (Wildman–Crippen MR) is 105 cm³/mol. The highest BCUT2D eigenvalue weighted by Crippen LogP contribution is 2.33. The van der Waals surface area contributed by atoms with Crippen molar-refractivity contribution < 1.29 is 22.7 Å². The third-order valence-corrected chi connectivity index (χ3v) is 4.88. The number of ether oxygens (including phenoxy) is 1. The number of halogens is 3. The lowest BCUT2D eigenvalue weighted by Crippen LogP contribution is -2.30. The Hall–Kier alpha value is -3.89. The summed E-state index contributed by atoms with van der Waals surface area (Å²) < 4.78 is 44.1. The zero-order chi connectivity index (χ0) is 21.6. The molecular formula is C20H15F3N6O2. The maximum atomic E-state index is 12.9. The van der Waals surface area contributed by atoms with Gasteiger partial charge in [0.2, 0.25) is 11.9 Å². The fraction of sp³-hybridized carbons (Fsp3) is 0.200. The first-order valence-corrected chi connectivity index (χ1v) is 9.44. The molecule has 2 N–H and O–H groups in total. The fourth-order valence-corrected chi connectivity index (χ4v) is 3.52. The van der Waals surface area contributed by atoms with Gasteiger partial charge in [-0.25, -0.2) is 9.97 Å². The number of carbonyl (C=O) groups excluding carboxylic acids is 1. The van der Waals surface area contributed by atoms with Crippen LogP contribution in [0.2, 0.25) is 0 Å².